The number of thioether (sulfide) groups is 1. The van der Waals surface area contributed by atoms with Crippen LogP contribution in [0.1, 0.15) is 46.0 Å². The molecule has 2 N–H and O–H groups in total. The van der Waals surface area contributed by atoms with E-state index in [0.717, 1.165) is 17.7 Å². The Morgan fingerprint density at radius 2 is 2.21 bits per heavy atom. The molecule has 3 atom stereocenters. The van der Waals surface area contributed by atoms with Crippen LogP contribution in [0.3, 0.4) is 0 Å². The SMILES string of the molecule is CCC1CCCC(SCC(C)CN)C1. The van der Waals surface area contributed by atoms with Crippen molar-refractivity contribution >= 4 is 11.8 Å². The summed E-state index contributed by atoms with van der Waals surface area (Å²) in [6.45, 7) is 5.43. The largest absolute Gasteiger partial charge is 0.330 e. The molecule has 0 aromatic heterocycles. The van der Waals surface area contributed by atoms with Gasteiger partial charge in [0.2, 0.25) is 0 Å². The van der Waals surface area contributed by atoms with Crippen LogP contribution in [0.5, 0.6) is 0 Å². The minimum Gasteiger partial charge on any atom is -0.330 e. The topological polar surface area (TPSA) is 26.0 Å². The highest BCUT2D eigenvalue weighted by molar-refractivity contribution is 7.99. The summed E-state index contributed by atoms with van der Waals surface area (Å²) in [7, 11) is 0. The van der Waals surface area contributed by atoms with E-state index >= 15 is 0 Å². The van der Waals surface area contributed by atoms with Crippen molar-refractivity contribution in [3.63, 3.8) is 0 Å². The lowest BCUT2D eigenvalue weighted by molar-refractivity contribution is 0.357. The maximum Gasteiger partial charge on any atom is 0.00498 e. The van der Waals surface area contributed by atoms with Crippen molar-refractivity contribution in [2.24, 2.45) is 17.6 Å². The molecule has 0 aromatic rings. The van der Waals surface area contributed by atoms with E-state index in [9.17, 15) is 0 Å². The zero-order valence-electron chi connectivity index (χ0n) is 9.67. The number of nitrogens with two attached hydrogens (primary N) is 1. The first-order valence-electron chi connectivity index (χ1n) is 6.07. The van der Waals surface area contributed by atoms with Crippen LogP contribution in [0, 0.1) is 11.8 Å². The van der Waals surface area contributed by atoms with Gasteiger partial charge in [-0.2, -0.15) is 11.8 Å². The average molecular weight is 215 g/mol. The molecule has 1 aliphatic carbocycles. The molecule has 14 heavy (non-hydrogen) atoms. The highest BCUT2D eigenvalue weighted by Crippen LogP contribution is 2.34. The van der Waals surface area contributed by atoms with Gasteiger partial charge >= 0.3 is 0 Å². The zero-order valence-corrected chi connectivity index (χ0v) is 10.5. The standard InChI is InChI=1S/C12H25NS/c1-3-11-5-4-6-12(7-11)14-9-10(2)8-13/h10-12H,3-9,13H2,1-2H3. The lowest BCUT2D eigenvalue weighted by Gasteiger charge is -2.28. The van der Waals surface area contributed by atoms with E-state index in [0.29, 0.717) is 5.92 Å². The van der Waals surface area contributed by atoms with E-state index in [-0.39, 0.29) is 0 Å². The van der Waals surface area contributed by atoms with Gasteiger partial charge in [-0.25, -0.2) is 0 Å². The molecular weight excluding hydrogens is 190 g/mol. The van der Waals surface area contributed by atoms with Gasteiger partial charge in [-0.3, -0.25) is 0 Å². The van der Waals surface area contributed by atoms with Gasteiger partial charge in [-0.15, -0.1) is 0 Å². The van der Waals surface area contributed by atoms with Gasteiger partial charge in [-0.1, -0.05) is 33.1 Å². The molecule has 0 amide bonds. The Bertz CT molecular complexity index is 149. The fraction of sp³-hybridized carbons (Fsp3) is 1.00. The van der Waals surface area contributed by atoms with Crippen LogP contribution >= 0.6 is 11.8 Å². The summed E-state index contributed by atoms with van der Waals surface area (Å²) in [5.41, 5.74) is 5.63. The molecule has 0 aliphatic heterocycles. The molecule has 1 saturated carbocycles. The van der Waals surface area contributed by atoms with Crippen LogP contribution in [0.15, 0.2) is 0 Å². The van der Waals surface area contributed by atoms with Gasteiger partial charge in [0.25, 0.3) is 0 Å². The number of hydrogen-bond acceptors (Lipinski definition) is 2. The molecule has 2 heteroatoms. The summed E-state index contributed by atoms with van der Waals surface area (Å²) < 4.78 is 0. The van der Waals surface area contributed by atoms with Crippen molar-refractivity contribution in [2.45, 2.75) is 51.2 Å². The minimum absolute atomic E-state index is 0.696. The first kappa shape index (κ1) is 12.4. The third-order valence-electron chi connectivity index (χ3n) is 3.33. The summed E-state index contributed by atoms with van der Waals surface area (Å²) in [5.74, 6) is 2.97. The second-order valence-corrected chi connectivity index (χ2v) is 6.07. The van der Waals surface area contributed by atoms with Gasteiger partial charge in [0, 0.05) is 5.25 Å². The molecule has 0 aromatic carbocycles. The Balaban J connectivity index is 2.17. The Hall–Kier alpha value is 0.310. The van der Waals surface area contributed by atoms with E-state index in [1.54, 1.807) is 0 Å². The highest BCUT2D eigenvalue weighted by atomic mass is 32.2. The number of rotatable bonds is 5. The number of hydrogen-bond donors (Lipinski definition) is 1. The van der Waals surface area contributed by atoms with Crippen LogP contribution in [0.2, 0.25) is 0 Å². The second-order valence-electron chi connectivity index (χ2n) is 4.74. The van der Waals surface area contributed by atoms with Crippen molar-refractivity contribution in [3.8, 4) is 0 Å². The van der Waals surface area contributed by atoms with Crippen LogP contribution in [-0.4, -0.2) is 17.5 Å². The summed E-state index contributed by atoms with van der Waals surface area (Å²) in [6, 6.07) is 0. The van der Waals surface area contributed by atoms with E-state index < -0.39 is 0 Å². The fourth-order valence-corrected chi connectivity index (χ4v) is 3.61. The monoisotopic (exact) mass is 215 g/mol. The van der Waals surface area contributed by atoms with Gasteiger partial charge < -0.3 is 5.73 Å². The van der Waals surface area contributed by atoms with E-state index in [1.807, 2.05) is 0 Å². The smallest absolute Gasteiger partial charge is 0.00498 e. The Morgan fingerprint density at radius 3 is 2.86 bits per heavy atom. The molecule has 1 fully saturated rings. The maximum absolute atomic E-state index is 5.63. The van der Waals surface area contributed by atoms with Crippen molar-refractivity contribution in [1.82, 2.24) is 0 Å². The molecule has 1 nitrogen and oxygen atoms in total. The van der Waals surface area contributed by atoms with Crippen molar-refractivity contribution in [1.29, 1.82) is 0 Å². The van der Waals surface area contributed by atoms with Crippen LogP contribution in [0.4, 0.5) is 0 Å². The third kappa shape index (κ3) is 4.22. The van der Waals surface area contributed by atoms with Crippen LogP contribution in [-0.2, 0) is 0 Å². The summed E-state index contributed by atoms with van der Waals surface area (Å²) in [5, 5.41) is 0.933. The molecule has 0 bridgehead atoms. The second kappa shape index (κ2) is 6.73. The van der Waals surface area contributed by atoms with E-state index in [2.05, 4.69) is 25.6 Å². The maximum atomic E-state index is 5.63. The van der Waals surface area contributed by atoms with E-state index in [4.69, 9.17) is 5.73 Å². The first-order valence-corrected chi connectivity index (χ1v) is 7.12. The Kier molecular flexibility index (Phi) is 5.95. The molecule has 0 radical (unpaired) electrons. The summed E-state index contributed by atoms with van der Waals surface area (Å²) >= 11 is 2.17. The Labute approximate surface area is 93.2 Å². The van der Waals surface area contributed by atoms with Crippen molar-refractivity contribution in [2.75, 3.05) is 12.3 Å². The third-order valence-corrected chi connectivity index (χ3v) is 4.99. The van der Waals surface area contributed by atoms with Gasteiger partial charge in [0.15, 0.2) is 0 Å². The van der Waals surface area contributed by atoms with Gasteiger partial charge in [0.1, 0.15) is 0 Å². The van der Waals surface area contributed by atoms with Crippen molar-refractivity contribution < 1.29 is 0 Å². The first-order chi connectivity index (χ1) is 6.76. The highest BCUT2D eigenvalue weighted by Gasteiger charge is 2.21. The molecule has 0 spiro atoms. The minimum atomic E-state index is 0.696. The van der Waals surface area contributed by atoms with Gasteiger partial charge in [-0.05, 0) is 37.0 Å². The molecule has 1 aliphatic rings. The summed E-state index contributed by atoms with van der Waals surface area (Å²) in [4.78, 5) is 0. The average Bonchev–Trinajstić information content (AvgIpc) is 2.26. The molecule has 3 unspecified atom stereocenters. The van der Waals surface area contributed by atoms with Crippen LogP contribution in [0.25, 0.3) is 0 Å². The predicted molar refractivity (Wildman–Crippen MR) is 66.7 cm³/mol. The van der Waals surface area contributed by atoms with E-state index in [1.165, 1.54) is 37.9 Å². The lowest BCUT2D eigenvalue weighted by Crippen LogP contribution is -2.20. The summed E-state index contributed by atoms with van der Waals surface area (Å²) in [6.07, 6.45) is 7.20. The zero-order chi connectivity index (χ0) is 10.4. The molecule has 0 saturated heterocycles. The normalized spacial score (nSPS) is 30.2. The fourth-order valence-electron chi connectivity index (χ4n) is 2.13. The molecule has 84 valence electrons. The molecule has 1 rings (SSSR count). The molecule has 0 heterocycles. The van der Waals surface area contributed by atoms with Gasteiger partial charge in [0.05, 0.1) is 0 Å². The van der Waals surface area contributed by atoms with Crippen molar-refractivity contribution in [3.05, 3.63) is 0 Å². The Morgan fingerprint density at radius 1 is 1.43 bits per heavy atom. The predicted octanol–water partition coefficient (Wildman–Crippen LogP) is 3.28. The molecular formula is C12H25NS. The lowest BCUT2D eigenvalue weighted by atomic mass is 9.87. The van der Waals surface area contributed by atoms with Crippen LogP contribution < -0.4 is 5.73 Å². The quantitative estimate of drug-likeness (QED) is 0.761.